The van der Waals surface area contributed by atoms with Gasteiger partial charge in [0.25, 0.3) is 0 Å². The van der Waals surface area contributed by atoms with Crippen LogP contribution in [0.3, 0.4) is 0 Å². The number of ether oxygens (including phenoxy) is 2. The van der Waals surface area contributed by atoms with E-state index in [0.29, 0.717) is 24.8 Å². The fourth-order valence-corrected chi connectivity index (χ4v) is 3.09. The summed E-state index contributed by atoms with van der Waals surface area (Å²) in [5.74, 6) is 0.684. The van der Waals surface area contributed by atoms with Crippen LogP contribution < -0.4 is 10.6 Å². The van der Waals surface area contributed by atoms with Crippen molar-refractivity contribution in [1.82, 2.24) is 15.5 Å². The van der Waals surface area contributed by atoms with Gasteiger partial charge in [-0.05, 0) is 24.7 Å². The Kier molecular flexibility index (Phi) is 9.82. The average molecular weight is 357 g/mol. The Labute approximate surface area is 151 Å². The first-order valence-corrected chi connectivity index (χ1v) is 9.27. The van der Waals surface area contributed by atoms with Crippen LogP contribution in [0.25, 0.3) is 0 Å². The Bertz CT molecular complexity index is 409. The van der Waals surface area contributed by atoms with Crippen molar-refractivity contribution in [3.05, 3.63) is 0 Å². The molecule has 0 radical (unpaired) electrons. The standard InChI is InChI=1S/C18H35N3O4/c1-13(2)10-15(21-6-8-25-9-7-21)12-19-17(22)16(11-14(3)4)20-18(23)24-5/h13-16H,6-12H2,1-5H3,(H,19,22)(H,20,23). The molecular formula is C18H35N3O4. The maximum absolute atomic E-state index is 12.6. The molecule has 0 saturated carbocycles. The fraction of sp³-hybridized carbons (Fsp3) is 0.889. The van der Waals surface area contributed by atoms with Gasteiger partial charge in [0.15, 0.2) is 0 Å². The number of carbonyl (C=O) groups is 2. The Balaban J connectivity index is 2.63. The topological polar surface area (TPSA) is 79.9 Å². The van der Waals surface area contributed by atoms with E-state index >= 15 is 0 Å². The predicted molar refractivity (Wildman–Crippen MR) is 97.4 cm³/mol. The molecule has 2 atom stereocenters. The van der Waals surface area contributed by atoms with Gasteiger partial charge in [-0.1, -0.05) is 27.7 Å². The van der Waals surface area contributed by atoms with E-state index in [4.69, 9.17) is 4.74 Å². The Morgan fingerprint density at radius 2 is 1.68 bits per heavy atom. The fourth-order valence-electron chi connectivity index (χ4n) is 3.09. The van der Waals surface area contributed by atoms with Gasteiger partial charge in [0.2, 0.25) is 5.91 Å². The average Bonchev–Trinajstić information content (AvgIpc) is 2.57. The number of alkyl carbamates (subject to hydrolysis) is 1. The minimum absolute atomic E-state index is 0.152. The highest BCUT2D eigenvalue weighted by molar-refractivity contribution is 5.85. The number of hydrogen-bond acceptors (Lipinski definition) is 5. The Morgan fingerprint density at radius 1 is 1.08 bits per heavy atom. The molecule has 1 heterocycles. The highest BCUT2D eigenvalue weighted by atomic mass is 16.5. The van der Waals surface area contributed by atoms with Gasteiger partial charge < -0.3 is 20.1 Å². The van der Waals surface area contributed by atoms with E-state index in [1.165, 1.54) is 7.11 Å². The molecule has 1 rings (SSSR count). The lowest BCUT2D eigenvalue weighted by atomic mass is 10.0. The second-order valence-electron chi connectivity index (χ2n) is 7.49. The van der Waals surface area contributed by atoms with Crippen LogP contribution in [0.4, 0.5) is 4.79 Å². The van der Waals surface area contributed by atoms with Crippen LogP contribution in [-0.2, 0) is 14.3 Å². The minimum Gasteiger partial charge on any atom is -0.453 e. The third-order valence-corrected chi connectivity index (χ3v) is 4.32. The van der Waals surface area contributed by atoms with Crippen molar-refractivity contribution in [1.29, 1.82) is 0 Å². The molecule has 0 aliphatic carbocycles. The summed E-state index contributed by atoms with van der Waals surface area (Å²) in [7, 11) is 1.30. The molecular weight excluding hydrogens is 322 g/mol. The van der Waals surface area contributed by atoms with Gasteiger partial charge in [0.1, 0.15) is 6.04 Å². The quantitative estimate of drug-likeness (QED) is 0.655. The largest absolute Gasteiger partial charge is 0.453 e. The van der Waals surface area contributed by atoms with E-state index in [0.717, 1.165) is 32.7 Å². The molecule has 0 aromatic heterocycles. The van der Waals surface area contributed by atoms with Crippen LogP contribution in [0.5, 0.6) is 0 Å². The summed E-state index contributed by atoms with van der Waals surface area (Å²) in [6, 6.07) is -0.289. The summed E-state index contributed by atoms with van der Waals surface area (Å²) >= 11 is 0. The van der Waals surface area contributed by atoms with Crippen molar-refractivity contribution >= 4 is 12.0 Å². The Hall–Kier alpha value is -1.34. The molecule has 2 N–H and O–H groups in total. The van der Waals surface area contributed by atoms with Crippen LogP contribution in [0.15, 0.2) is 0 Å². The number of hydrogen-bond donors (Lipinski definition) is 2. The third kappa shape index (κ3) is 8.54. The van der Waals surface area contributed by atoms with Crippen molar-refractivity contribution in [3.63, 3.8) is 0 Å². The zero-order chi connectivity index (χ0) is 18.8. The molecule has 7 heteroatoms. The van der Waals surface area contributed by atoms with Gasteiger partial charge in [-0.15, -0.1) is 0 Å². The van der Waals surface area contributed by atoms with Crippen molar-refractivity contribution in [2.24, 2.45) is 11.8 Å². The lowest BCUT2D eigenvalue weighted by Gasteiger charge is -2.35. The van der Waals surface area contributed by atoms with Crippen LogP contribution in [-0.4, -0.2) is 68.9 Å². The first kappa shape index (κ1) is 21.7. The summed E-state index contributed by atoms with van der Waals surface area (Å²) in [5.41, 5.74) is 0. The van der Waals surface area contributed by atoms with E-state index < -0.39 is 12.1 Å². The lowest BCUT2D eigenvalue weighted by Crippen LogP contribution is -2.53. The molecule has 0 aromatic rings. The SMILES string of the molecule is COC(=O)NC(CC(C)C)C(=O)NCC(CC(C)C)N1CCOCC1. The van der Waals surface area contributed by atoms with Gasteiger partial charge in [-0.25, -0.2) is 4.79 Å². The van der Waals surface area contributed by atoms with Gasteiger partial charge in [-0.2, -0.15) is 0 Å². The number of morpholine rings is 1. The van der Waals surface area contributed by atoms with Crippen molar-refractivity contribution in [3.8, 4) is 0 Å². The number of rotatable bonds is 9. The molecule has 1 saturated heterocycles. The van der Waals surface area contributed by atoms with Gasteiger partial charge in [0.05, 0.1) is 20.3 Å². The Morgan fingerprint density at radius 3 is 2.20 bits per heavy atom. The second-order valence-corrected chi connectivity index (χ2v) is 7.49. The van der Waals surface area contributed by atoms with Gasteiger partial charge in [0, 0.05) is 25.7 Å². The molecule has 1 aliphatic heterocycles. The van der Waals surface area contributed by atoms with Crippen LogP contribution in [0.2, 0.25) is 0 Å². The molecule has 0 spiro atoms. The smallest absolute Gasteiger partial charge is 0.407 e. The molecule has 2 amide bonds. The van der Waals surface area contributed by atoms with Crippen molar-refractivity contribution < 1.29 is 19.1 Å². The van der Waals surface area contributed by atoms with Gasteiger partial charge in [-0.3, -0.25) is 9.69 Å². The molecule has 25 heavy (non-hydrogen) atoms. The van der Waals surface area contributed by atoms with Crippen molar-refractivity contribution in [2.45, 2.75) is 52.6 Å². The number of methoxy groups -OCH3 is 1. The zero-order valence-corrected chi connectivity index (χ0v) is 16.3. The first-order chi connectivity index (χ1) is 11.8. The van der Waals surface area contributed by atoms with Crippen molar-refractivity contribution in [2.75, 3.05) is 40.0 Å². The zero-order valence-electron chi connectivity index (χ0n) is 16.3. The predicted octanol–water partition coefficient (Wildman–Crippen LogP) is 1.62. The second kappa shape index (κ2) is 11.3. The molecule has 146 valence electrons. The number of nitrogens with zero attached hydrogens (tertiary/aromatic N) is 1. The highest BCUT2D eigenvalue weighted by Crippen LogP contribution is 2.13. The van der Waals surface area contributed by atoms with E-state index in [2.05, 4.69) is 34.1 Å². The highest BCUT2D eigenvalue weighted by Gasteiger charge is 2.26. The number of carbonyl (C=O) groups excluding carboxylic acids is 2. The molecule has 2 unspecified atom stereocenters. The van der Waals surface area contributed by atoms with E-state index in [9.17, 15) is 9.59 Å². The van der Waals surface area contributed by atoms with Gasteiger partial charge >= 0.3 is 6.09 Å². The molecule has 1 fully saturated rings. The normalized spacial score (nSPS) is 18.0. The summed E-state index contributed by atoms with van der Waals surface area (Å²) in [5, 5.41) is 5.66. The summed E-state index contributed by atoms with van der Waals surface area (Å²) in [6.07, 6.45) is 1.01. The third-order valence-electron chi connectivity index (χ3n) is 4.32. The van der Waals surface area contributed by atoms with Crippen LogP contribution in [0, 0.1) is 11.8 Å². The maximum atomic E-state index is 12.6. The van der Waals surface area contributed by atoms with E-state index in [1.54, 1.807) is 0 Å². The summed E-state index contributed by atoms with van der Waals surface area (Å²) < 4.78 is 10.1. The summed E-state index contributed by atoms with van der Waals surface area (Å²) in [4.78, 5) is 26.5. The minimum atomic E-state index is -0.576. The van der Waals surface area contributed by atoms with E-state index in [1.807, 2.05) is 13.8 Å². The lowest BCUT2D eigenvalue weighted by molar-refractivity contribution is -0.123. The number of nitrogens with one attached hydrogen (secondary N) is 2. The summed E-state index contributed by atoms with van der Waals surface area (Å²) in [6.45, 7) is 12.3. The molecule has 0 aromatic carbocycles. The molecule has 0 bridgehead atoms. The number of amides is 2. The molecule has 1 aliphatic rings. The van der Waals surface area contributed by atoms with Crippen LogP contribution in [0.1, 0.15) is 40.5 Å². The molecule has 7 nitrogen and oxygen atoms in total. The monoisotopic (exact) mass is 357 g/mol. The van der Waals surface area contributed by atoms with Crippen LogP contribution >= 0.6 is 0 Å². The first-order valence-electron chi connectivity index (χ1n) is 9.27. The van der Waals surface area contributed by atoms with E-state index in [-0.39, 0.29) is 11.9 Å². The maximum Gasteiger partial charge on any atom is 0.407 e.